The molecule has 0 bridgehead atoms. The monoisotopic (exact) mass is 318 g/mol. The van der Waals surface area contributed by atoms with Crippen molar-refractivity contribution in [2.75, 3.05) is 16.8 Å². The molecule has 20 heavy (non-hydrogen) atoms. The maximum atomic E-state index is 11.9. The number of hydrogen-bond acceptors (Lipinski definition) is 4. The molecule has 0 saturated heterocycles. The van der Waals surface area contributed by atoms with Crippen LogP contribution in [0.25, 0.3) is 0 Å². The van der Waals surface area contributed by atoms with Crippen LogP contribution in [0.2, 0.25) is 5.02 Å². The molecule has 0 aliphatic carbocycles. The summed E-state index contributed by atoms with van der Waals surface area (Å²) in [5, 5.41) is 3.00. The highest BCUT2D eigenvalue weighted by Crippen LogP contribution is 2.23. The molecule has 0 unspecified atom stereocenters. The number of nitrogen functional groups attached to an aromatic ring is 1. The molecule has 0 aliphatic rings. The summed E-state index contributed by atoms with van der Waals surface area (Å²) in [6.07, 6.45) is -0.119. The average molecular weight is 319 g/mol. The van der Waals surface area contributed by atoms with Crippen LogP contribution in [0, 0.1) is 0 Å². The van der Waals surface area contributed by atoms with E-state index in [4.69, 9.17) is 17.3 Å². The first-order valence-electron chi connectivity index (χ1n) is 6.10. The molecule has 5 nitrogen and oxygen atoms in total. The molecular formula is C13H19ClN2O3S. The third kappa shape index (κ3) is 4.38. The van der Waals surface area contributed by atoms with Crippen LogP contribution in [0.15, 0.2) is 18.2 Å². The highest BCUT2D eigenvalue weighted by molar-refractivity contribution is 7.92. The zero-order valence-corrected chi connectivity index (χ0v) is 13.3. The van der Waals surface area contributed by atoms with Crippen molar-refractivity contribution in [2.24, 2.45) is 0 Å². The van der Waals surface area contributed by atoms with Gasteiger partial charge in [0, 0.05) is 11.4 Å². The van der Waals surface area contributed by atoms with Crippen molar-refractivity contribution in [3.8, 4) is 0 Å². The van der Waals surface area contributed by atoms with Crippen LogP contribution in [-0.2, 0) is 14.6 Å². The van der Waals surface area contributed by atoms with Crippen LogP contribution in [0.3, 0.4) is 0 Å². The summed E-state index contributed by atoms with van der Waals surface area (Å²) >= 11 is 5.81. The van der Waals surface area contributed by atoms with Crippen LogP contribution < -0.4 is 11.1 Å². The van der Waals surface area contributed by atoms with Crippen molar-refractivity contribution in [3.63, 3.8) is 0 Å². The summed E-state index contributed by atoms with van der Waals surface area (Å²) in [5.41, 5.74) is 6.46. The lowest BCUT2D eigenvalue weighted by Crippen LogP contribution is -2.32. The topological polar surface area (TPSA) is 89.3 Å². The van der Waals surface area contributed by atoms with E-state index in [1.807, 2.05) is 0 Å². The second-order valence-electron chi connectivity index (χ2n) is 5.46. The van der Waals surface area contributed by atoms with Crippen molar-refractivity contribution in [1.29, 1.82) is 0 Å². The van der Waals surface area contributed by atoms with Crippen molar-refractivity contribution >= 4 is 38.7 Å². The highest BCUT2D eigenvalue weighted by atomic mass is 35.5. The Balaban J connectivity index is 2.68. The minimum Gasteiger partial charge on any atom is -0.397 e. The van der Waals surface area contributed by atoms with Gasteiger partial charge in [0.15, 0.2) is 9.84 Å². The number of benzene rings is 1. The Kier molecular flexibility index (Phi) is 5.05. The van der Waals surface area contributed by atoms with Gasteiger partial charge in [-0.2, -0.15) is 0 Å². The van der Waals surface area contributed by atoms with Crippen LogP contribution >= 0.6 is 11.6 Å². The first-order valence-corrected chi connectivity index (χ1v) is 8.13. The van der Waals surface area contributed by atoms with Gasteiger partial charge in [0.25, 0.3) is 0 Å². The summed E-state index contributed by atoms with van der Waals surface area (Å²) in [6, 6.07) is 4.70. The van der Waals surface area contributed by atoms with Crippen molar-refractivity contribution in [3.05, 3.63) is 23.2 Å². The normalized spacial score (nSPS) is 12.2. The molecule has 0 radical (unpaired) electrons. The Morgan fingerprint density at radius 2 is 1.95 bits per heavy atom. The minimum absolute atomic E-state index is 0.119. The van der Waals surface area contributed by atoms with Gasteiger partial charge in [-0.3, -0.25) is 4.79 Å². The van der Waals surface area contributed by atoms with Crippen molar-refractivity contribution in [2.45, 2.75) is 31.9 Å². The molecule has 0 aliphatic heterocycles. The van der Waals surface area contributed by atoms with E-state index in [0.29, 0.717) is 16.4 Å². The molecule has 0 heterocycles. The molecule has 1 aromatic rings. The van der Waals surface area contributed by atoms with Gasteiger partial charge in [0.1, 0.15) is 0 Å². The third-order valence-corrected chi connectivity index (χ3v) is 5.66. The SMILES string of the molecule is CC(C)(C)S(=O)(=O)CCC(=O)Nc1cc(Cl)ccc1N. The van der Waals surface area contributed by atoms with Gasteiger partial charge < -0.3 is 11.1 Å². The lowest BCUT2D eigenvalue weighted by Gasteiger charge is -2.18. The van der Waals surface area contributed by atoms with E-state index in [1.54, 1.807) is 32.9 Å². The van der Waals surface area contributed by atoms with Gasteiger partial charge >= 0.3 is 0 Å². The number of nitrogens with one attached hydrogen (secondary N) is 1. The Hall–Kier alpha value is -1.27. The van der Waals surface area contributed by atoms with Gasteiger partial charge in [-0.25, -0.2) is 8.42 Å². The minimum atomic E-state index is -3.32. The first kappa shape index (κ1) is 16.8. The van der Waals surface area contributed by atoms with E-state index in [-0.39, 0.29) is 12.2 Å². The number of hydrogen-bond donors (Lipinski definition) is 2. The molecule has 0 atom stereocenters. The molecule has 1 aromatic carbocycles. The Morgan fingerprint density at radius 1 is 1.35 bits per heavy atom. The Morgan fingerprint density at radius 3 is 2.50 bits per heavy atom. The predicted octanol–water partition coefficient (Wildman–Crippen LogP) is 2.46. The Labute approximate surface area is 124 Å². The molecule has 112 valence electrons. The molecular weight excluding hydrogens is 300 g/mol. The number of anilines is 2. The molecule has 0 saturated carbocycles. The molecule has 0 spiro atoms. The van der Waals surface area contributed by atoms with Gasteiger partial charge in [0.2, 0.25) is 5.91 Å². The van der Waals surface area contributed by atoms with Crippen LogP contribution in [0.5, 0.6) is 0 Å². The number of halogens is 1. The molecule has 3 N–H and O–H groups in total. The number of carbonyl (C=O) groups is 1. The second-order valence-corrected chi connectivity index (χ2v) is 8.76. The Bertz CT molecular complexity index is 607. The number of carbonyl (C=O) groups excluding carboxylic acids is 1. The summed E-state index contributed by atoms with van der Waals surface area (Å²) < 4.78 is 22.9. The molecule has 0 fully saturated rings. The largest absolute Gasteiger partial charge is 0.397 e. The number of sulfone groups is 1. The summed E-state index contributed by atoms with van der Waals surface area (Å²) in [4.78, 5) is 11.8. The second kappa shape index (κ2) is 6.01. The van der Waals surface area contributed by atoms with Gasteiger partial charge in [-0.05, 0) is 39.0 Å². The van der Waals surface area contributed by atoms with Gasteiger partial charge in [-0.1, -0.05) is 11.6 Å². The number of amides is 1. The lowest BCUT2D eigenvalue weighted by molar-refractivity contribution is -0.115. The van der Waals surface area contributed by atoms with Crippen LogP contribution in [0.4, 0.5) is 11.4 Å². The molecule has 1 rings (SSSR count). The van der Waals surface area contributed by atoms with E-state index < -0.39 is 20.5 Å². The summed E-state index contributed by atoms with van der Waals surface area (Å²) in [6.45, 7) is 4.82. The maximum absolute atomic E-state index is 11.9. The fourth-order valence-corrected chi connectivity index (χ4v) is 2.62. The van der Waals surface area contributed by atoms with Crippen LogP contribution in [0.1, 0.15) is 27.2 Å². The zero-order valence-electron chi connectivity index (χ0n) is 11.7. The maximum Gasteiger partial charge on any atom is 0.225 e. The molecule has 1 amide bonds. The fourth-order valence-electron chi connectivity index (χ4n) is 1.38. The lowest BCUT2D eigenvalue weighted by atomic mass is 10.2. The number of rotatable bonds is 4. The van der Waals surface area contributed by atoms with E-state index in [1.165, 1.54) is 6.07 Å². The highest BCUT2D eigenvalue weighted by Gasteiger charge is 2.29. The van der Waals surface area contributed by atoms with E-state index in [2.05, 4.69) is 5.32 Å². The average Bonchev–Trinajstić information content (AvgIpc) is 2.30. The summed E-state index contributed by atoms with van der Waals surface area (Å²) in [5.74, 6) is -0.616. The van der Waals surface area contributed by atoms with E-state index >= 15 is 0 Å². The quantitative estimate of drug-likeness (QED) is 0.834. The zero-order chi connectivity index (χ0) is 15.6. The molecule has 0 aromatic heterocycles. The predicted molar refractivity (Wildman–Crippen MR) is 82.7 cm³/mol. The van der Waals surface area contributed by atoms with Crippen molar-refractivity contribution in [1.82, 2.24) is 0 Å². The standard InChI is InChI=1S/C13H19ClN2O3S/c1-13(2,3)20(18,19)7-6-12(17)16-11-8-9(14)4-5-10(11)15/h4-5,8H,6-7,15H2,1-3H3,(H,16,17). The van der Waals surface area contributed by atoms with E-state index in [9.17, 15) is 13.2 Å². The fraction of sp³-hybridized carbons (Fsp3) is 0.462. The van der Waals surface area contributed by atoms with E-state index in [0.717, 1.165) is 0 Å². The van der Waals surface area contributed by atoms with Crippen molar-refractivity contribution < 1.29 is 13.2 Å². The summed E-state index contributed by atoms with van der Waals surface area (Å²) in [7, 11) is -3.32. The molecule has 7 heteroatoms. The van der Waals surface area contributed by atoms with Gasteiger partial charge in [-0.15, -0.1) is 0 Å². The van der Waals surface area contributed by atoms with Crippen LogP contribution in [-0.4, -0.2) is 24.8 Å². The smallest absolute Gasteiger partial charge is 0.225 e. The number of nitrogens with two attached hydrogens (primary N) is 1. The first-order chi connectivity index (χ1) is 9.03. The van der Waals surface area contributed by atoms with Gasteiger partial charge in [0.05, 0.1) is 21.9 Å². The third-order valence-electron chi connectivity index (χ3n) is 2.82.